The number of carbonyl (C=O) groups excluding carboxylic acids is 1. The SMILES string of the molecule is NCCNCC(=O)N=C1C=CC2=c3ccccc3=IC2=C1. The number of hydrogen-bond donors (Lipinski definition) is 2. The number of hydrogen-bond acceptors (Lipinski definition) is 3. The van der Waals surface area contributed by atoms with E-state index < -0.39 is 0 Å². The minimum Gasteiger partial charge on any atom is -0.329 e. The van der Waals surface area contributed by atoms with Crippen LogP contribution in [0.2, 0.25) is 0 Å². The first-order valence-electron chi connectivity index (χ1n) is 6.81. The van der Waals surface area contributed by atoms with E-state index in [1.807, 2.05) is 6.08 Å². The van der Waals surface area contributed by atoms with Gasteiger partial charge < -0.3 is 11.1 Å². The van der Waals surface area contributed by atoms with Gasteiger partial charge in [0.05, 0.1) is 12.3 Å². The van der Waals surface area contributed by atoms with Crippen molar-refractivity contribution in [2.45, 2.75) is 0 Å². The second-order valence-electron chi connectivity index (χ2n) is 4.71. The van der Waals surface area contributed by atoms with Crippen molar-refractivity contribution < 1.29 is 4.79 Å². The lowest BCUT2D eigenvalue weighted by Crippen LogP contribution is -2.27. The van der Waals surface area contributed by atoms with Crippen molar-refractivity contribution in [1.29, 1.82) is 0 Å². The quantitative estimate of drug-likeness (QED) is 0.594. The molecule has 0 fully saturated rings. The summed E-state index contributed by atoms with van der Waals surface area (Å²) in [5.41, 5.74) is 7.42. The van der Waals surface area contributed by atoms with Crippen LogP contribution in [0.1, 0.15) is 0 Å². The Hall–Kier alpha value is -1.44. The van der Waals surface area contributed by atoms with Gasteiger partial charge in [-0.3, -0.25) is 4.79 Å². The van der Waals surface area contributed by atoms with Crippen LogP contribution in [0.5, 0.6) is 0 Å². The fourth-order valence-corrected chi connectivity index (χ4v) is 5.23. The van der Waals surface area contributed by atoms with Crippen molar-refractivity contribution >= 4 is 37.9 Å². The second-order valence-corrected chi connectivity index (χ2v) is 7.57. The van der Waals surface area contributed by atoms with Crippen molar-refractivity contribution in [3.8, 4) is 0 Å². The van der Waals surface area contributed by atoms with Gasteiger partial charge in [0.25, 0.3) is 5.91 Å². The first-order valence-corrected chi connectivity index (χ1v) is 8.97. The number of nitrogens with zero attached hydrogens (tertiary/aromatic N) is 1. The number of nitrogens with one attached hydrogen (secondary N) is 1. The smallest absolute Gasteiger partial charge is 0.260 e. The maximum Gasteiger partial charge on any atom is 0.260 e. The zero-order valence-electron chi connectivity index (χ0n) is 11.5. The monoisotopic (exact) mass is 393 g/mol. The normalized spacial score (nSPS) is 17.7. The number of benzene rings is 1. The molecule has 1 aliphatic carbocycles. The highest BCUT2D eigenvalue weighted by atomic mass is 127. The lowest BCUT2D eigenvalue weighted by atomic mass is 10.1. The van der Waals surface area contributed by atoms with Crippen LogP contribution in [0.15, 0.2) is 51.1 Å². The molecule has 1 aliphatic heterocycles. The Morgan fingerprint density at radius 3 is 3.00 bits per heavy atom. The standard InChI is InChI=1S/C16H16IN3O/c18-7-8-19-10-16(21)20-11-5-6-13-12-3-1-2-4-14(12)17-15(13)9-11/h1-6,9,19H,7-8,10,18H2. The molecule has 1 heterocycles. The molecule has 0 bridgehead atoms. The van der Waals surface area contributed by atoms with Gasteiger partial charge in [-0.15, -0.1) is 0 Å². The van der Waals surface area contributed by atoms with Gasteiger partial charge in [0, 0.05) is 19.8 Å². The maximum absolute atomic E-state index is 11.7. The van der Waals surface area contributed by atoms with Crippen molar-refractivity contribution in [3.05, 3.63) is 54.4 Å². The summed E-state index contributed by atoms with van der Waals surface area (Å²) in [5, 5.41) is 4.30. The Kier molecular flexibility index (Phi) is 4.52. The minimum absolute atomic E-state index is 0.155. The third kappa shape index (κ3) is 3.25. The molecule has 0 aromatic heterocycles. The Balaban J connectivity index is 1.82. The van der Waals surface area contributed by atoms with Crippen LogP contribution in [0.4, 0.5) is 0 Å². The first kappa shape index (κ1) is 14.5. The fourth-order valence-electron chi connectivity index (χ4n) is 2.22. The number of halogens is 1. The summed E-state index contributed by atoms with van der Waals surface area (Å²) in [6.07, 6.45) is 6.06. The maximum atomic E-state index is 11.7. The Bertz CT molecular complexity index is 790. The summed E-state index contributed by atoms with van der Waals surface area (Å²) < 4.78 is 2.79. The van der Waals surface area contributed by atoms with E-state index in [0.29, 0.717) is 13.1 Å². The largest absolute Gasteiger partial charge is 0.329 e. The summed E-state index contributed by atoms with van der Waals surface area (Å²) >= 11 is -0.158. The molecule has 21 heavy (non-hydrogen) atoms. The zero-order valence-corrected chi connectivity index (χ0v) is 13.6. The van der Waals surface area contributed by atoms with Gasteiger partial charge >= 0.3 is 0 Å². The van der Waals surface area contributed by atoms with Crippen LogP contribution in [0.3, 0.4) is 0 Å². The summed E-state index contributed by atoms with van der Waals surface area (Å²) in [7, 11) is 0. The Labute approximate surface area is 132 Å². The van der Waals surface area contributed by atoms with Crippen molar-refractivity contribution in [2.75, 3.05) is 19.6 Å². The molecule has 4 nitrogen and oxygen atoms in total. The average Bonchev–Trinajstić information content (AvgIpc) is 2.85. The first-order chi connectivity index (χ1) is 10.3. The number of allylic oxidation sites excluding steroid dienone is 4. The van der Waals surface area contributed by atoms with E-state index in [9.17, 15) is 4.79 Å². The van der Waals surface area contributed by atoms with Crippen LogP contribution >= 0.6 is 20.7 Å². The van der Waals surface area contributed by atoms with E-state index in [1.165, 1.54) is 17.5 Å². The Morgan fingerprint density at radius 1 is 1.29 bits per heavy atom. The van der Waals surface area contributed by atoms with Crippen molar-refractivity contribution in [2.24, 2.45) is 10.7 Å². The molecule has 0 spiro atoms. The van der Waals surface area contributed by atoms with Crippen LogP contribution in [-0.2, 0) is 4.79 Å². The van der Waals surface area contributed by atoms with Crippen LogP contribution < -0.4 is 16.3 Å². The molecule has 5 heteroatoms. The van der Waals surface area contributed by atoms with Gasteiger partial charge in [-0.05, 0) is 29.0 Å². The summed E-state index contributed by atoms with van der Waals surface area (Å²) in [6, 6.07) is 8.52. The van der Waals surface area contributed by atoms with Crippen LogP contribution in [0, 0.1) is 3.15 Å². The lowest BCUT2D eigenvalue weighted by Gasteiger charge is -2.06. The zero-order chi connectivity index (χ0) is 14.7. The molecule has 1 aromatic carbocycles. The minimum atomic E-state index is -0.158. The molecule has 0 unspecified atom stereocenters. The molecule has 0 saturated carbocycles. The molecular formula is C16H16IN3O. The molecule has 2 aliphatic rings. The van der Waals surface area contributed by atoms with Gasteiger partial charge in [-0.2, -0.15) is 0 Å². The Morgan fingerprint density at radius 2 is 2.14 bits per heavy atom. The predicted molar refractivity (Wildman–Crippen MR) is 93.9 cm³/mol. The van der Waals surface area contributed by atoms with E-state index in [2.05, 4.69) is 46.7 Å². The van der Waals surface area contributed by atoms with Crippen LogP contribution in [0.25, 0.3) is 5.57 Å². The highest BCUT2D eigenvalue weighted by Crippen LogP contribution is 2.33. The molecule has 3 N–H and O–H groups in total. The van der Waals surface area contributed by atoms with E-state index in [1.54, 1.807) is 0 Å². The topological polar surface area (TPSA) is 67.5 Å². The van der Waals surface area contributed by atoms with Gasteiger partial charge in [-0.25, -0.2) is 4.99 Å². The number of rotatable bonds is 4. The van der Waals surface area contributed by atoms with Gasteiger partial charge in [0.1, 0.15) is 0 Å². The molecule has 0 radical (unpaired) electrons. The molecular weight excluding hydrogens is 377 g/mol. The molecule has 0 atom stereocenters. The number of fused-ring (bicyclic) bond motifs is 2. The summed E-state index contributed by atoms with van der Waals surface area (Å²) in [4.78, 5) is 15.9. The molecule has 0 saturated heterocycles. The van der Waals surface area contributed by atoms with Gasteiger partial charge in [0.15, 0.2) is 0 Å². The summed E-state index contributed by atoms with van der Waals surface area (Å²) in [6.45, 7) is 1.39. The van der Waals surface area contributed by atoms with E-state index in [-0.39, 0.29) is 33.2 Å². The van der Waals surface area contributed by atoms with E-state index in [0.717, 1.165) is 5.71 Å². The average molecular weight is 393 g/mol. The van der Waals surface area contributed by atoms with Gasteiger partial charge in [-0.1, -0.05) is 45.0 Å². The number of amides is 1. The highest BCUT2D eigenvalue weighted by Gasteiger charge is 2.14. The van der Waals surface area contributed by atoms with E-state index >= 15 is 0 Å². The summed E-state index contributed by atoms with van der Waals surface area (Å²) in [5.74, 6) is -0.155. The van der Waals surface area contributed by atoms with Crippen molar-refractivity contribution in [1.82, 2.24) is 5.32 Å². The number of carbonyl (C=O) groups is 1. The third-order valence-corrected chi connectivity index (χ3v) is 6.17. The van der Waals surface area contributed by atoms with Crippen molar-refractivity contribution in [3.63, 3.8) is 0 Å². The molecule has 108 valence electrons. The fraction of sp³-hybridized carbons (Fsp3) is 0.188. The molecule has 1 amide bonds. The van der Waals surface area contributed by atoms with Gasteiger partial charge in [0.2, 0.25) is 0 Å². The van der Waals surface area contributed by atoms with E-state index in [4.69, 9.17) is 5.73 Å². The van der Waals surface area contributed by atoms with Crippen LogP contribution in [-0.4, -0.2) is 31.3 Å². The number of nitrogens with two attached hydrogens (primary N) is 1. The third-order valence-electron chi connectivity index (χ3n) is 3.17. The molecule has 3 rings (SSSR count). The predicted octanol–water partition coefficient (Wildman–Crippen LogP) is 1.04. The number of aliphatic imine (C=N–C) groups is 1. The molecule has 1 aromatic rings. The lowest BCUT2D eigenvalue weighted by molar-refractivity contribution is -0.116. The highest BCUT2D eigenvalue weighted by molar-refractivity contribution is 14.2. The second kappa shape index (κ2) is 6.55.